The van der Waals surface area contributed by atoms with Crippen molar-refractivity contribution in [1.29, 1.82) is 0 Å². The zero-order valence-corrected chi connectivity index (χ0v) is 9.39. The molecule has 0 aliphatic heterocycles. The van der Waals surface area contributed by atoms with Crippen LogP contribution in [0.4, 0.5) is 0 Å². The fourth-order valence-electron chi connectivity index (χ4n) is 1.09. The number of nitrogens with two attached hydrogens (primary N) is 1. The summed E-state index contributed by atoms with van der Waals surface area (Å²) in [6.45, 7) is 0.638. The maximum Gasteiger partial charge on any atom is 0.0555 e. The summed E-state index contributed by atoms with van der Waals surface area (Å²) in [6, 6.07) is 8.12. The van der Waals surface area contributed by atoms with Crippen molar-refractivity contribution in [2.24, 2.45) is 5.73 Å². The molecule has 3 N–H and O–H groups in total. The van der Waals surface area contributed by atoms with E-state index in [-0.39, 0.29) is 6.61 Å². The lowest BCUT2D eigenvalue weighted by Gasteiger charge is -2.00. The van der Waals surface area contributed by atoms with Crippen LogP contribution >= 0.6 is 11.8 Å². The molecule has 15 heavy (non-hydrogen) atoms. The van der Waals surface area contributed by atoms with Crippen LogP contribution in [0.1, 0.15) is 11.1 Å². The fourth-order valence-corrected chi connectivity index (χ4v) is 1.79. The molecule has 0 amide bonds. The van der Waals surface area contributed by atoms with Gasteiger partial charge in [-0.25, -0.2) is 0 Å². The molecule has 0 saturated heterocycles. The van der Waals surface area contributed by atoms with Crippen LogP contribution in [0, 0.1) is 11.8 Å². The van der Waals surface area contributed by atoms with E-state index in [2.05, 4.69) is 24.0 Å². The van der Waals surface area contributed by atoms with E-state index in [1.54, 1.807) is 11.8 Å². The molecule has 0 aliphatic rings. The lowest BCUT2D eigenvalue weighted by molar-refractivity contribution is 0.322. The van der Waals surface area contributed by atoms with Crippen molar-refractivity contribution in [3.63, 3.8) is 0 Å². The third-order valence-electron chi connectivity index (χ3n) is 1.79. The first-order valence-electron chi connectivity index (χ1n) is 4.83. The largest absolute Gasteiger partial charge is 0.396 e. The van der Waals surface area contributed by atoms with Crippen LogP contribution in [0.5, 0.6) is 0 Å². The molecule has 1 aromatic carbocycles. The predicted molar refractivity (Wildman–Crippen MR) is 65.6 cm³/mol. The van der Waals surface area contributed by atoms with Crippen LogP contribution in [-0.4, -0.2) is 24.0 Å². The van der Waals surface area contributed by atoms with E-state index in [1.165, 1.54) is 5.56 Å². The molecule has 0 heterocycles. The summed E-state index contributed by atoms with van der Waals surface area (Å²) < 4.78 is 0. The van der Waals surface area contributed by atoms with Crippen molar-refractivity contribution >= 4 is 11.8 Å². The van der Waals surface area contributed by atoms with Crippen molar-refractivity contribution in [3.05, 3.63) is 35.4 Å². The van der Waals surface area contributed by atoms with Crippen LogP contribution < -0.4 is 5.73 Å². The first kappa shape index (κ1) is 12.1. The van der Waals surface area contributed by atoms with Crippen molar-refractivity contribution in [2.45, 2.75) is 5.75 Å². The molecule has 80 valence electrons. The van der Waals surface area contributed by atoms with Crippen LogP contribution in [0.15, 0.2) is 24.3 Å². The third kappa shape index (κ3) is 4.89. The minimum absolute atomic E-state index is 0.241. The Labute approximate surface area is 94.9 Å². The second-order valence-corrected chi connectivity index (χ2v) is 4.08. The Kier molecular flexibility index (Phi) is 5.94. The van der Waals surface area contributed by atoms with Gasteiger partial charge in [0.1, 0.15) is 0 Å². The van der Waals surface area contributed by atoms with Crippen molar-refractivity contribution < 1.29 is 5.11 Å². The maximum absolute atomic E-state index is 8.63. The number of hydrogen-bond acceptors (Lipinski definition) is 3. The van der Waals surface area contributed by atoms with E-state index in [0.29, 0.717) is 6.54 Å². The van der Waals surface area contributed by atoms with E-state index >= 15 is 0 Å². The van der Waals surface area contributed by atoms with Crippen molar-refractivity contribution in [3.8, 4) is 11.8 Å². The van der Waals surface area contributed by atoms with Crippen LogP contribution in [-0.2, 0) is 5.75 Å². The minimum atomic E-state index is 0.241. The Morgan fingerprint density at radius 2 is 2.00 bits per heavy atom. The number of aliphatic hydroxyl groups is 1. The Morgan fingerprint density at radius 3 is 2.60 bits per heavy atom. The minimum Gasteiger partial charge on any atom is -0.396 e. The van der Waals surface area contributed by atoms with Gasteiger partial charge in [0.2, 0.25) is 0 Å². The average Bonchev–Trinajstić information content (AvgIpc) is 2.28. The van der Waals surface area contributed by atoms with Crippen LogP contribution in [0.2, 0.25) is 0 Å². The van der Waals surface area contributed by atoms with Gasteiger partial charge < -0.3 is 10.8 Å². The molecule has 1 aromatic rings. The van der Waals surface area contributed by atoms with Gasteiger partial charge in [0.05, 0.1) is 13.2 Å². The second kappa shape index (κ2) is 7.36. The van der Waals surface area contributed by atoms with E-state index in [4.69, 9.17) is 10.8 Å². The molecule has 2 nitrogen and oxygen atoms in total. The third-order valence-corrected chi connectivity index (χ3v) is 2.80. The van der Waals surface area contributed by atoms with Gasteiger partial charge in [-0.05, 0) is 17.7 Å². The van der Waals surface area contributed by atoms with E-state index < -0.39 is 0 Å². The molecule has 0 spiro atoms. The van der Waals surface area contributed by atoms with Gasteiger partial charge in [0.15, 0.2) is 0 Å². The lowest BCUT2D eigenvalue weighted by atomic mass is 10.1. The maximum atomic E-state index is 8.63. The molecular weight excluding hydrogens is 206 g/mol. The number of hydrogen-bond donors (Lipinski definition) is 2. The standard InChI is InChI=1S/C12H15NOS/c13-7-1-2-11-3-5-12(6-4-11)10-15-9-8-14/h3-6,14H,7-10,13H2. The smallest absolute Gasteiger partial charge is 0.0555 e. The summed E-state index contributed by atoms with van der Waals surface area (Å²) in [4.78, 5) is 0. The molecule has 0 unspecified atom stereocenters. The zero-order valence-electron chi connectivity index (χ0n) is 8.57. The Hall–Kier alpha value is -0.950. The molecule has 0 saturated carbocycles. The lowest BCUT2D eigenvalue weighted by Crippen LogP contribution is -1.93. The molecular formula is C12H15NOS. The fraction of sp³-hybridized carbons (Fsp3) is 0.333. The van der Waals surface area contributed by atoms with E-state index in [0.717, 1.165) is 17.1 Å². The van der Waals surface area contributed by atoms with Gasteiger partial charge in [-0.2, -0.15) is 11.8 Å². The molecule has 0 aliphatic carbocycles. The molecule has 0 fully saturated rings. The van der Waals surface area contributed by atoms with Gasteiger partial charge in [-0.15, -0.1) is 0 Å². The summed E-state index contributed by atoms with van der Waals surface area (Å²) in [5, 5.41) is 8.63. The summed E-state index contributed by atoms with van der Waals surface area (Å²) in [5.74, 6) is 7.51. The highest BCUT2D eigenvalue weighted by Gasteiger charge is 1.93. The molecule has 0 aromatic heterocycles. The van der Waals surface area contributed by atoms with Gasteiger partial charge in [-0.1, -0.05) is 24.0 Å². The predicted octanol–water partition coefficient (Wildman–Crippen LogP) is 1.22. The number of thioether (sulfide) groups is 1. The zero-order chi connectivity index (χ0) is 10.9. The van der Waals surface area contributed by atoms with Crippen molar-refractivity contribution in [1.82, 2.24) is 0 Å². The van der Waals surface area contributed by atoms with Crippen LogP contribution in [0.25, 0.3) is 0 Å². The van der Waals surface area contributed by atoms with Gasteiger partial charge >= 0.3 is 0 Å². The van der Waals surface area contributed by atoms with Gasteiger partial charge in [0, 0.05) is 17.1 Å². The highest BCUT2D eigenvalue weighted by molar-refractivity contribution is 7.98. The second-order valence-electron chi connectivity index (χ2n) is 2.98. The highest BCUT2D eigenvalue weighted by Crippen LogP contribution is 2.12. The summed E-state index contributed by atoms with van der Waals surface area (Å²) in [6.07, 6.45) is 0. The van der Waals surface area contributed by atoms with Crippen LogP contribution in [0.3, 0.4) is 0 Å². The normalized spacial score (nSPS) is 9.47. The monoisotopic (exact) mass is 221 g/mol. The average molecular weight is 221 g/mol. The first-order valence-corrected chi connectivity index (χ1v) is 5.99. The molecule has 1 rings (SSSR count). The van der Waals surface area contributed by atoms with Gasteiger partial charge in [0.25, 0.3) is 0 Å². The number of benzene rings is 1. The quantitative estimate of drug-likeness (QED) is 0.593. The highest BCUT2D eigenvalue weighted by atomic mass is 32.2. The summed E-state index contributed by atoms with van der Waals surface area (Å²) in [7, 11) is 0. The number of aliphatic hydroxyl groups excluding tert-OH is 1. The molecule has 0 bridgehead atoms. The van der Waals surface area contributed by atoms with Gasteiger partial charge in [-0.3, -0.25) is 0 Å². The van der Waals surface area contributed by atoms with E-state index in [9.17, 15) is 0 Å². The Bertz CT molecular complexity index is 337. The SMILES string of the molecule is NCC#Cc1ccc(CSCCO)cc1. The Morgan fingerprint density at radius 1 is 1.27 bits per heavy atom. The molecule has 3 heteroatoms. The first-order chi connectivity index (χ1) is 7.36. The molecule has 0 atom stereocenters. The summed E-state index contributed by atoms with van der Waals surface area (Å²) >= 11 is 1.72. The molecule has 0 radical (unpaired) electrons. The van der Waals surface area contributed by atoms with Crippen molar-refractivity contribution in [2.75, 3.05) is 18.9 Å². The summed E-state index contributed by atoms with van der Waals surface area (Å²) in [5.41, 5.74) is 7.54. The van der Waals surface area contributed by atoms with E-state index in [1.807, 2.05) is 12.1 Å². The number of rotatable bonds is 4. The topological polar surface area (TPSA) is 46.2 Å². The Balaban J connectivity index is 2.49.